The largest absolute Gasteiger partial charge is 0.465 e. The van der Waals surface area contributed by atoms with Gasteiger partial charge in [-0.3, -0.25) is 40.0 Å². The second-order valence-electron chi connectivity index (χ2n) is 9.01. The van der Waals surface area contributed by atoms with Crippen LogP contribution in [-0.4, -0.2) is 29.4 Å². The molecular formula is C26H22N6O7. The number of benzene rings is 2. The standard InChI is InChI=1S/C26H22N6O7/c1-14-4-13-21(39-14)24(22-15(2)27-29(25(22)33)17-5-9-19(10-6-17)31(35)36)23-16(3)28-30(26(23)34)18-7-11-20(12-8-18)32(37)38/h4-13,24,27-28H,1-3H3. The number of nitrogens with zero attached hydrogens (tertiary/aromatic N) is 4. The van der Waals surface area contributed by atoms with E-state index >= 15 is 0 Å². The smallest absolute Gasteiger partial charge is 0.275 e. The Kier molecular flexibility index (Phi) is 6.10. The van der Waals surface area contributed by atoms with Crippen molar-refractivity contribution in [2.45, 2.75) is 26.7 Å². The molecule has 0 aliphatic rings. The predicted octanol–water partition coefficient (Wildman–Crippen LogP) is 4.16. The van der Waals surface area contributed by atoms with Crippen molar-refractivity contribution in [1.82, 2.24) is 19.6 Å². The number of H-pyrrole nitrogens is 2. The summed E-state index contributed by atoms with van der Waals surface area (Å²) in [6.45, 7) is 5.13. The van der Waals surface area contributed by atoms with Gasteiger partial charge in [-0.25, -0.2) is 9.36 Å². The Labute approximate surface area is 219 Å². The Bertz CT molecular complexity index is 1720. The first-order valence-corrected chi connectivity index (χ1v) is 11.8. The van der Waals surface area contributed by atoms with Crippen LogP contribution in [0, 0.1) is 41.0 Å². The molecule has 13 heteroatoms. The third kappa shape index (κ3) is 4.35. The molecule has 0 unspecified atom stereocenters. The summed E-state index contributed by atoms with van der Waals surface area (Å²) in [5.41, 5.74) is 1.08. The number of nitro groups is 2. The lowest BCUT2D eigenvalue weighted by atomic mass is 9.89. The highest BCUT2D eigenvalue weighted by molar-refractivity contribution is 5.47. The van der Waals surface area contributed by atoms with Gasteiger partial charge in [-0.2, -0.15) is 0 Å². The molecule has 0 spiro atoms. The Morgan fingerprint density at radius 3 is 1.44 bits per heavy atom. The second-order valence-corrected chi connectivity index (χ2v) is 9.01. The topological polar surface area (TPSA) is 175 Å². The van der Waals surface area contributed by atoms with Crippen molar-refractivity contribution in [3.8, 4) is 11.4 Å². The second kappa shape index (κ2) is 9.45. The molecule has 0 bridgehead atoms. The summed E-state index contributed by atoms with van der Waals surface area (Å²) < 4.78 is 8.43. The Hall–Kier alpha value is -5.46. The molecule has 0 atom stereocenters. The van der Waals surface area contributed by atoms with Gasteiger partial charge < -0.3 is 4.42 Å². The number of hydrogen-bond acceptors (Lipinski definition) is 7. The summed E-state index contributed by atoms with van der Waals surface area (Å²) in [7, 11) is 0. The zero-order chi connectivity index (χ0) is 28.0. The third-order valence-electron chi connectivity index (χ3n) is 6.49. The summed E-state index contributed by atoms with van der Waals surface area (Å²) in [5, 5.41) is 28.1. The summed E-state index contributed by atoms with van der Waals surface area (Å²) >= 11 is 0. The molecule has 2 N–H and O–H groups in total. The molecule has 13 nitrogen and oxygen atoms in total. The van der Waals surface area contributed by atoms with Crippen LogP contribution in [0.15, 0.2) is 74.7 Å². The van der Waals surface area contributed by atoms with E-state index in [-0.39, 0.29) is 22.5 Å². The van der Waals surface area contributed by atoms with Crippen LogP contribution in [0.1, 0.15) is 40.0 Å². The number of non-ortho nitro benzene ring substituents is 2. The van der Waals surface area contributed by atoms with Crippen LogP contribution in [0.2, 0.25) is 0 Å². The zero-order valence-corrected chi connectivity index (χ0v) is 21.0. The summed E-state index contributed by atoms with van der Waals surface area (Å²) in [6, 6.07) is 14.4. The quantitative estimate of drug-likeness (QED) is 0.234. The third-order valence-corrected chi connectivity index (χ3v) is 6.49. The van der Waals surface area contributed by atoms with Gasteiger partial charge in [0.1, 0.15) is 11.5 Å². The minimum atomic E-state index is -0.898. The SMILES string of the molecule is Cc1ccc(C(c2c(C)[nH]n(-c3ccc([N+](=O)[O-])cc3)c2=O)c2c(C)[nH]n(-c3ccc([N+](=O)[O-])cc3)c2=O)o1. The van der Waals surface area contributed by atoms with Gasteiger partial charge in [0.15, 0.2) is 0 Å². The molecule has 5 aromatic rings. The molecule has 0 aliphatic carbocycles. The van der Waals surface area contributed by atoms with Gasteiger partial charge in [-0.05, 0) is 57.2 Å². The van der Waals surface area contributed by atoms with E-state index in [9.17, 15) is 29.8 Å². The maximum atomic E-state index is 13.8. The highest BCUT2D eigenvalue weighted by atomic mass is 16.6. The van der Waals surface area contributed by atoms with Gasteiger partial charge in [0.2, 0.25) is 0 Å². The molecule has 198 valence electrons. The Morgan fingerprint density at radius 1 is 0.692 bits per heavy atom. The molecule has 0 saturated carbocycles. The molecule has 2 aromatic carbocycles. The average molecular weight is 530 g/mol. The predicted molar refractivity (Wildman–Crippen MR) is 140 cm³/mol. The van der Waals surface area contributed by atoms with Crippen molar-refractivity contribution < 1.29 is 14.3 Å². The van der Waals surface area contributed by atoms with E-state index in [1.807, 2.05) is 0 Å². The van der Waals surface area contributed by atoms with E-state index in [2.05, 4.69) is 10.2 Å². The molecule has 0 amide bonds. The number of hydrogen-bond donors (Lipinski definition) is 2. The lowest BCUT2D eigenvalue weighted by Gasteiger charge is -2.12. The van der Waals surface area contributed by atoms with Gasteiger partial charge in [0.05, 0.1) is 38.3 Å². The molecule has 0 saturated heterocycles. The molecule has 0 fully saturated rings. The van der Waals surface area contributed by atoms with Gasteiger partial charge in [-0.15, -0.1) is 0 Å². The fourth-order valence-electron chi connectivity index (χ4n) is 4.65. The van der Waals surface area contributed by atoms with Gasteiger partial charge in [-0.1, -0.05) is 0 Å². The van der Waals surface area contributed by atoms with Gasteiger partial charge in [0.25, 0.3) is 22.5 Å². The molecule has 0 radical (unpaired) electrons. The molecule has 5 rings (SSSR count). The summed E-state index contributed by atoms with van der Waals surface area (Å²) in [4.78, 5) is 48.6. The van der Waals surface area contributed by atoms with Crippen molar-refractivity contribution in [3.63, 3.8) is 0 Å². The lowest BCUT2D eigenvalue weighted by Crippen LogP contribution is -2.25. The van der Waals surface area contributed by atoms with E-state index in [0.29, 0.717) is 34.3 Å². The summed E-state index contributed by atoms with van der Waals surface area (Å²) in [5.74, 6) is 0.0603. The Morgan fingerprint density at radius 2 is 1.10 bits per heavy atom. The number of nitrogens with one attached hydrogen (secondary N) is 2. The first-order valence-electron chi connectivity index (χ1n) is 11.8. The fourth-order valence-corrected chi connectivity index (χ4v) is 4.65. The first-order chi connectivity index (χ1) is 18.6. The van der Waals surface area contributed by atoms with Crippen LogP contribution < -0.4 is 11.1 Å². The van der Waals surface area contributed by atoms with E-state index in [1.165, 1.54) is 57.9 Å². The van der Waals surface area contributed by atoms with E-state index in [0.717, 1.165) is 0 Å². The van der Waals surface area contributed by atoms with Crippen LogP contribution in [0.5, 0.6) is 0 Å². The van der Waals surface area contributed by atoms with Gasteiger partial charge >= 0.3 is 0 Å². The number of aromatic nitrogens is 4. The van der Waals surface area contributed by atoms with E-state index in [1.54, 1.807) is 32.9 Å². The highest BCUT2D eigenvalue weighted by Crippen LogP contribution is 2.33. The minimum Gasteiger partial charge on any atom is -0.465 e. The number of aromatic amines is 2. The number of aryl methyl sites for hydroxylation is 3. The maximum absolute atomic E-state index is 13.8. The fraction of sp³-hybridized carbons (Fsp3) is 0.154. The highest BCUT2D eigenvalue weighted by Gasteiger charge is 2.33. The van der Waals surface area contributed by atoms with Crippen molar-refractivity contribution >= 4 is 11.4 Å². The van der Waals surface area contributed by atoms with E-state index < -0.39 is 26.9 Å². The van der Waals surface area contributed by atoms with Crippen molar-refractivity contribution in [2.75, 3.05) is 0 Å². The number of furan rings is 1. The first kappa shape index (κ1) is 25.2. The number of nitro benzene ring substituents is 2. The Balaban J connectivity index is 1.68. The molecular weight excluding hydrogens is 508 g/mol. The average Bonchev–Trinajstić information content (AvgIpc) is 3.56. The van der Waals surface area contributed by atoms with Crippen LogP contribution in [0.25, 0.3) is 11.4 Å². The molecule has 0 aliphatic heterocycles. The zero-order valence-electron chi connectivity index (χ0n) is 21.0. The summed E-state index contributed by atoms with van der Waals surface area (Å²) in [6.07, 6.45) is 0. The molecule has 3 aromatic heterocycles. The van der Waals surface area contributed by atoms with Crippen molar-refractivity contribution in [3.05, 3.63) is 136 Å². The van der Waals surface area contributed by atoms with Crippen LogP contribution in [0.4, 0.5) is 11.4 Å². The number of rotatable bonds is 7. The maximum Gasteiger partial charge on any atom is 0.275 e. The van der Waals surface area contributed by atoms with Crippen LogP contribution >= 0.6 is 0 Å². The minimum absolute atomic E-state index is 0.117. The normalized spacial score (nSPS) is 11.3. The lowest BCUT2D eigenvalue weighted by molar-refractivity contribution is -0.385. The van der Waals surface area contributed by atoms with Crippen LogP contribution in [-0.2, 0) is 0 Å². The monoisotopic (exact) mass is 530 g/mol. The van der Waals surface area contributed by atoms with Crippen LogP contribution in [0.3, 0.4) is 0 Å². The van der Waals surface area contributed by atoms with E-state index in [4.69, 9.17) is 4.42 Å². The molecule has 3 heterocycles. The molecule has 39 heavy (non-hydrogen) atoms. The van der Waals surface area contributed by atoms with Crippen molar-refractivity contribution in [2.24, 2.45) is 0 Å². The van der Waals surface area contributed by atoms with Crippen molar-refractivity contribution in [1.29, 1.82) is 0 Å². The van der Waals surface area contributed by atoms with Gasteiger partial charge in [0, 0.05) is 35.7 Å².